The summed E-state index contributed by atoms with van der Waals surface area (Å²) in [4.78, 5) is 6.20. The topological polar surface area (TPSA) is 60.2 Å². The van der Waals surface area contributed by atoms with Gasteiger partial charge in [-0.15, -0.1) is 0 Å². The van der Waals surface area contributed by atoms with Gasteiger partial charge in [-0.2, -0.15) is 5.26 Å². The molecule has 4 nitrogen and oxygen atoms in total. The van der Waals surface area contributed by atoms with Crippen LogP contribution in [0.15, 0.2) is 12.1 Å². The summed E-state index contributed by atoms with van der Waals surface area (Å²) in [7, 11) is 0. The van der Waals surface area contributed by atoms with E-state index in [9.17, 15) is 5.11 Å². The quantitative estimate of drug-likeness (QED) is 0.794. The predicted molar refractivity (Wildman–Crippen MR) is 61.4 cm³/mol. The number of aliphatic hydroxyl groups excluding tert-OH is 1. The first-order valence-corrected chi connectivity index (χ1v) is 5.57. The molecule has 2 rings (SSSR count). The summed E-state index contributed by atoms with van der Waals surface area (Å²) in [6.45, 7) is 0.958. The largest absolute Gasteiger partial charge is 0.394 e. The van der Waals surface area contributed by atoms with Crippen LogP contribution in [0.25, 0.3) is 0 Å². The van der Waals surface area contributed by atoms with Gasteiger partial charge in [0.15, 0.2) is 0 Å². The molecule has 0 radical (unpaired) electrons. The molecule has 0 saturated carbocycles. The summed E-state index contributed by atoms with van der Waals surface area (Å²) in [5.74, 6) is 0.681. The van der Waals surface area contributed by atoms with E-state index in [1.807, 2.05) is 4.90 Å². The molecule has 1 fully saturated rings. The second-order valence-electron chi connectivity index (χ2n) is 3.82. The Morgan fingerprint density at radius 1 is 1.62 bits per heavy atom. The van der Waals surface area contributed by atoms with Gasteiger partial charge in [0.25, 0.3) is 0 Å². The number of aromatic nitrogens is 1. The predicted octanol–water partition coefficient (Wildman–Crippen LogP) is 1.57. The van der Waals surface area contributed by atoms with Crippen LogP contribution in [-0.4, -0.2) is 29.3 Å². The zero-order valence-corrected chi connectivity index (χ0v) is 9.48. The summed E-state index contributed by atoms with van der Waals surface area (Å²) in [5.41, 5.74) is 0.499. The molecule has 1 aromatic rings. The summed E-state index contributed by atoms with van der Waals surface area (Å²) in [6.07, 6.45) is 1.98. The molecule has 5 heteroatoms. The highest BCUT2D eigenvalue weighted by molar-refractivity contribution is 6.29. The molecule has 1 aliphatic rings. The van der Waals surface area contributed by atoms with Crippen molar-refractivity contribution in [3.05, 3.63) is 22.8 Å². The molecule has 1 saturated heterocycles. The molecule has 0 bridgehead atoms. The number of hydrogen-bond donors (Lipinski definition) is 1. The number of nitrogens with zero attached hydrogens (tertiary/aromatic N) is 3. The third-order valence-corrected chi connectivity index (χ3v) is 2.99. The molecular weight excluding hydrogens is 226 g/mol. The summed E-state index contributed by atoms with van der Waals surface area (Å²) < 4.78 is 0. The van der Waals surface area contributed by atoms with E-state index in [4.69, 9.17) is 16.9 Å². The Bertz CT molecular complexity index is 430. The highest BCUT2D eigenvalue weighted by atomic mass is 35.5. The zero-order valence-electron chi connectivity index (χ0n) is 8.73. The number of pyridine rings is 1. The fourth-order valence-corrected chi connectivity index (χ4v) is 2.23. The van der Waals surface area contributed by atoms with E-state index in [0.29, 0.717) is 16.5 Å². The number of anilines is 1. The Morgan fingerprint density at radius 3 is 3.12 bits per heavy atom. The van der Waals surface area contributed by atoms with Crippen molar-refractivity contribution in [2.75, 3.05) is 18.1 Å². The molecular formula is C11H12ClN3O. The van der Waals surface area contributed by atoms with Crippen LogP contribution >= 0.6 is 11.6 Å². The molecule has 0 amide bonds. The highest BCUT2D eigenvalue weighted by Gasteiger charge is 2.25. The second kappa shape index (κ2) is 4.69. The van der Waals surface area contributed by atoms with Crippen LogP contribution in [0.3, 0.4) is 0 Å². The van der Waals surface area contributed by atoms with Crippen molar-refractivity contribution >= 4 is 17.4 Å². The van der Waals surface area contributed by atoms with Crippen molar-refractivity contribution in [1.82, 2.24) is 4.98 Å². The van der Waals surface area contributed by atoms with Crippen LogP contribution in [0.4, 0.5) is 5.82 Å². The zero-order chi connectivity index (χ0) is 11.5. The maximum absolute atomic E-state index is 9.23. The van der Waals surface area contributed by atoms with Gasteiger partial charge in [-0.25, -0.2) is 4.98 Å². The lowest BCUT2D eigenvalue weighted by atomic mass is 10.2. The lowest BCUT2D eigenvalue weighted by Gasteiger charge is -2.24. The van der Waals surface area contributed by atoms with Crippen molar-refractivity contribution in [3.63, 3.8) is 0 Å². The van der Waals surface area contributed by atoms with Crippen LogP contribution in [0.1, 0.15) is 18.4 Å². The maximum Gasteiger partial charge on any atom is 0.132 e. The molecule has 1 aromatic heterocycles. The number of hydrogen-bond acceptors (Lipinski definition) is 4. The van der Waals surface area contributed by atoms with Crippen LogP contribution in [0.5, 0.6) is 0 Å². The van der Waals surface area contributed by atoms with Crippen LogP contribution in [0.2, 0.25) is 5.15 Å². The second-order valence-corrected chi connectivity index (χ2v) is 4.21. The van der Waals surface area contributed by atoms with E-state index in [-0.39, 0.29) is 12.6 Å². The van der Waals surface area contributed by atoms with Gasteiger partial charge in [-0.1, -0.05) is 11.6 Å². The van der Waals surface area contributed by atoms with Crippen molar-refractivity contribution in [2.24, 2.45) is 0 Å². The summed E-state index contributed by atoms with van der Waals surface area (Å²) >= 11 is 5.85. The third kappa shape index (κ3) is 2.11. The van der Waals surface area contributed by atoms with E-state index < -0.39 is 0 Å². The molecule has 84 valence electrons. The molecule has 0 spiro atoms. The van der Waals surface area contributed by atoms with Crippen molar-refractivity contribution in [3.8, 4) is 6.07 Å². The van der Waals surface area contributed by atoms with E-state index in [1.54, 1.807) is 6.07 Å². The van der Waals surface area contributed by atoms with E-state index in [0.717, 1.165) is 19.4 Å². The Hall–Kier alpha value is -1.31. The van der Waals surface area contributed by atoms with Crippen molar-refractivity contribution in [2.45, 2.75) is 18.9 Å². The average Bonchev–Trinajstić information content (AvgIpc) is 2.76. The molecule has 1 N–H and O–H groups in total. The first kappa shape index (κ1) is 11.2. The molecule has 2 heterocycles. The monoisotopic (exact) mass is 237 g/mol. The Labute approximate surface area is 99.1 Å². The minimum absolute atomic E-state index is 0.0949. The average molecular weight is 238 g/mol. The fraction of sp³-hybridized carbons (Fsp3) is 0.455. The lowest BCUT2D eigenvalue weighted by Crippen LogP contribution is -2.32. The van der Waals surface area contributed by atoms with Gasteiger partial charge >= 0.3 is 0 Å². The van der Waals surface area contributed by atoms with Crippen molar-refractivity contribution in [1.29, 1.82) is 5.26 Å². The minimum Gasteiger partial charge on any atom is -0.394 e. The highest BCUT2D eigenvalue weighted by Crippen LogP contribution is 2.25. The van der Waals surface area contributed by atoms with E-state index in [1.165, 1.54) is 6.07 Å². The first-order valence-electron chi connectivity index (χ1n) is 5.20. The van der Waals surface area contributed by atoms with Crippen LogP contribution in [-0.2, 0) is 0 Å². The smallest absolute Gasteiger partial charge is 0.132 e. The first-order chi connectivity index (χ1) is 7.74. The molecule has 0 aromatic carbocycles. The Kier molecular flexibility index (Phi) is 3.28. The minimum atomic E-state index is 0.0949. The van der Waals surface area contributed by atoms with Gasteiger partial charge in [-0.05, 0) is 25.0 Å². The van der Waals surface area contributed by atoms with Gasteiger partial charge in [0.1, 0.15) is 11.0 Å². The SMILES string of the molecule is N#Cc1cc(Cl)nc(N2CCCC2CO)c1. The maximum atomic E-state index is 9.23. The number of nitriles is 1. The normalized spacial score (nSPS) is 19.8. The van der Waals surface area contributed by atoms with E-state index >= 15 is 0 Å². The van der Waals surface area contributed by atoms with Crippen molar-refractivity contribution < 1.29 is 5.11 Å². The van der Waals surface area contributed by atoms with Gasteiger partial charge in [-0.3, -0.25) is 0 Å². The van der Waals surface area contributed by atoms with Gasteiger partial charge in [0.2, 0.25) is 0 Å². The third-order valence-electron chi connectivity index (χ3n) is 2.79. The van der Waals surface area contributed by atoms with Crippen LogP contribution in [0, 0.1) is 11.3 Å². The number of rotatable bonds is 2. The fourth-order valence-electron chi connectivity index (χ4n) is 2.02. The van der Waals surface area contributed by atoms with E-state index in [2.05, 4.69) is 11.1 Å². The van der Waals surface area contributed by atoms with Gasteiger partial charge < -0.3 is 10.0 Å². The molecule has 0 aliphatic carbocycles. The van der Waals surface area contributed by atoms with Gasteiger partial charge in [0, 0.05) is 6.54 Å². The Balaban J connectivity index is 2.33. The standard InChI is InChI=1S/C11H12ClN3O/c12-10-4-8(6-13)5-11(14-10)15-3-1-2-9(15)7-16/h4-5,9,16H,1-3,7H2. The summed E-state index contributed by atoms with van der Waals surface area (Å²) in [6, 6.07) is 5.39. The number of aliphatic hydroxyl groups is 1. The molecule has 16 heavy (non-hydrogen) atoms. The number of halogens is 1. The Morgan fingerprint density at radius 2 is 2.44 bits per heavy atom. The lowest BCUT2D eigenvalue weighted by molar-refractivity contribution is 0.266. The van der Waals surface area contributed by atoms with Gasteiger partial charge in [0.05, 0.1) is 24.3 Å². The molecule has 1 atom stereocenters. The molecule has 1 unspecified atom stereocenters. The summed E-state index contributed by atoms with van der Waals surface area (Å²) in [5, 5.41) is 18.4. The molecule has 1 aliphatic heterocycles. The van der Waals surface area contributed by atoms with Crippen LogP contribution < -0.4 is 4.90 Å².